The van der Waals surface area contributed by atoms with Gasteiger partial charge in [-0.15, -0.1) is 0 Å². The van der Waals surface area contributed by atoms with Crippen molar-refractivity contribution in [1.82, 2.24) is 10.3 Å². The van der Waals surface area contributed by atoms with Crippen LogP contribution in [0.4, 0.5) is 16.3 Å². The van der Waals surface area contributed by atoms with Gasteiger partial charge in [0.25, 0.3) is 0 Å². The van der Waals surface area contributed by atoms with Gasteiger partial charge in [-0.05, 0) is 58.6 Å². The lowest BCUT2D eigenvalue weighted by molar-refractivity contribution is 0.0492. The van der Waals surface area contributed by atoms with Gasteiger partial charge in [0, 0.05) is 26.2 Å². The molecular weight excluding hydrogens is 304 g/mol. The van der Waals surface area contributed by atoms with Gasteiger partial charge < -0.3 is 20.3 Å². The van der Waals surface area contributed by atoms with E-state index in [9.17, 15) is 4.79 Å². The minimum absolute atomic E-state index is 0.201. The Morgan fingerprint density at radius 3 is 2.29 bits per heavy atom. The third-order valence-corrected chi connectivity index (χ3v) is 4.02. The van der Waals surface area contributed by atoms with Crippen molar-refractivity contribution in [2.24, 2.45) is 0 Å². The number of ether oxygens (including phenoxy) is 1. The van der Waals surface area contributed by atoms with Crippen molar-refractivity contribution in [1.29, 1.82) is 0 Å². The monoisotopic (exact) mass is 334 g/mol. The number of hydrogen-bond donors (Lipinski definition) is 2. The number of hydrogen-bond acceptors (Lipinski definition) is 5. The summed E-state index contributed by atoms with van der Waals surface area (Å²) in [6, 6.07) is 4.70. The van der Waals surface area contributed by atoms with Gasteiger partial charge in [-0.3, -0.25) is 0 Å². The molecule has 2 rings (SSSR count). The van der Waals surface area contributed by atoms with Crippen molar-refractivity contribution in [3.05, 3.63) is 18.3 Å². The molecule has 0 atom stereocenters. The van der Waals surface area contributed by atoms with Gasteiger partial charge in [0.1, 0.15) is 11.4 Å². The number of carbonyl (C=O) groups is 1. The Morgan fingerprint density at radius 2 is 1.79 bits per heavy atom. The van der Waals surface area contributed by atoms with Crippen LogP contribution in [0.5, 0.6) is 0 Å². The Kier molecular flexibility index (Phi) is 5.91. The lowest BCUT2D eigenvalue weighted by Gasteiger charge is -2.31. The van der Waals surface area contributed by atoms with Crippen LogP contribution in [0.15, 0.2) is 18.3 Å². The van der Waals surface area contributed by atoms with E-state index in [0.717, 1.165) is 37.2 Å². The van der Waals surface area contributed by atoms with E-state index >= 15 is 0 Å². The molecule has 1 fully saturated rings. The number of alkyl carbamates (subject to hydrolysis) is 1. The van der Waals surface area contributed by atoms with Crippen LogP contribution >= 0.6 is 0 Å². The lowest BCUT2D eigenvalue weighted by Crippen LogP contribution is -2.42. The Balaban J connectivity index is 1.75. The standard InChI is InChI=1S/C18H30N4O2/c1-18(2,3)24-17(23)21-14-8-6-13(7-9-14)20-15-10-11-16(19-12-15)22(4)5/h10-14,20H,6-9H2,1-5H3,(H,21,23). The predicted octanol–water partition coefficient (Wildman–Crippen LogP) is 3.40. The maximum Gasteiger partial charge on any atom is 0.407 e. The summed E-state index contributed by atoms with van der Waals surface area (Å²) in [5, 5.41) is 6.51. The SMILES string of the molecule is CN(C)c1ccc(NC2CCC(NC(=O)OC(C)(C)C)CC2)cn1. The fraction of sp³-hybridized carbons (Fsp3) is 0.667. The Labute approximate surface area is 145 Å². The zero-order valence-corrected chi connectivity index (χ0v) is 15.4. The van der Waals surface area contributed by atoms with Crippen molar-refractivity contribution in [2.45, 2.75) is 64.1 Å². The van der Waals surface area contributed by atoms with Gasteiger partial charge in [0.2, 0.25) is 0 Å². The average Bonchev–Trinajstić information content (AvgIpc) is 2.48. The van der Waals surface area contributed by atoms with Crippen LogP contribution in [-0.2, 0) is 4.74 Å². The highest BCUT2D eigenvalue weighted by atomic mass is 16.6. The molecule has 134 valence electrons. The van der Waals surface area contributed by atoms with E-state index in [2.05, 4.69) is 21.7 Å². The number of amides is 1. The molecule has 1 saturated carbocycles. The molecule has 0 radical (unpaired) electrons. The molecule has 0 aliphatic heterocycles. The second-order valence-corrected chi connectivity index (χ2v) is 7.64. The van der Waals surface area contributed by atoms with Gasteiger partial charge in [-0.2, -0.15) is 0 Å². The minimum Gasteiger partial charge on any atom is -0.444 e. The fourth-order valence-electron chi connectivity index (χ4n) is 2.83. The van der Waals surface area contributed by atoms with Crippen LogP contribution < -0.4 is 15.5 Å². The summed E-state index contributed by atoms with van der Waals surface area (Å²) >= 11 is 0. The number of nitrogens with zero attached hydrogens (tertiary/aromatic N) is 2. The maximum atomic E-state index is 11.8. The average molecular weight is 334 g/mol. The number of carbonyl (C=O) groups excluding carboxylic acids is 1. The smallest absolute Gasteiger partial charge is 0.407 e. The molecule has 6 heteroatoms. The number of rotatable bonds is 4. The number of aromatic nitrogens is 1. The highest BCUT2D eigenvalue weighted by Gasteiger charge is 2.24. The first-order valence-electron chi connectivity index (χ1n) is 8.62. The van der Waals surface area contributed by atoms with Crippen molar-refractivity contribution in [3.8, 4) is 0 Å². The number of nitrogens with one attached hydrogen (secondary N) is 2. The molecule has 1 heterocycles. The topological polar surface area (TPSA) is 66.5 Å². The molecule has 1 aliphatic carbocycles. The van der Waals surface area contributed by atoms with Crippen LogP contribution in [0.2, 0.25) is 0 Å². The summed E-state index contributed by atoms with van der Waals surface area (Å²) in [4.78, 5) is 18.2. The van der Waals surface area contributed by atoms with E-state index in [1.54, 1.807) is 0 Å². The van der Waals surface area contributed by atoms with E-state index in [1.807, 2.05) is 52.0 Å². The second kappa shape index (κ2) is 7.73. The van der Waals surface area contributed by atoms with E-state index in [-0.39, 0.29) is 12.1 Å². The fourth-order valence-corrected chi connectivity index (χ4v) is 2.83. The number of pyridine rings is 1. The normalized spacial score (nSPS) is 21.0. The summed E-state index contributed by atoms with van der Waals surface area (Å²) < 4.78 is 5.32. The summed E-state index contributed by atoms with van der Waals surface area (Å²) in [7, 11) is 3.96. The van der Waals surface area contributed by atoms with E-state index in [4.69, 9.17) is 4.74 Å². The largest absolute Gasteiger partial charge is 0.444 e. The van der Waals surface area contributed by atoms with Crippen LogP contribution in [0, 0.1) is 0 Å². The first-order valence-corrected chi connectivity index (χ1v) is 8.62. The van der Waals surface area contributed by atoms with Gasteiger partial charge >= 0.3 is 6.09 Å². The number of anilines is 2. The van der Waals surface area contributed by atoms with Gasteiger partial charge in [0.05, 0.1) is 11.9 Å². The van der Waals surface area contributed by atoms with Crippen molar-refractivity contribution in [2.75, 3.05) is 24.3 Å². The first kappa shape index (κ1) is 18.4. The van der Waals surface area contributed by atoms with Crippen LogP contribution in [0.3, 0.4) is 0 Å². The summed E-state index contributed by atoms with van der Waals surface area (Å²) in [5.41, 5.74) is 0.596. The zero-order valence-electron chi connectivity index (χ0n) is 15.4. The van der Waals surface area contributed by atoms with E-state index < -0.39 is 5.60 Å². The molecular formula is C18H30N4O2. The quantitative estimate of drug-likeness (QED) is 0.883. The third-order valence-electron chi connectivity index (χ3n) is 4.02. The predicted molar refractivity (Wildman–Crippen MR) is 97.6 cm³/mol. The first-order chi connectivity index (χ1) is 11.2. The Morgan fingerprint density at radius 1 is 1.17 bits per heavy atom. The molecule has 1 amide bonds. The molecule has 24 heavy (non-hydrogen) atoms. The molecule has 0 saturated heterocycles. The van der Waals surface area contributed by atoms with Gasteiger partial charge in [0.15, 0.2) is 0 Å². The molecule has 0 spiro atoms. The molecule has 1 aromatic heterocycles. The third kappa shape index (κ3) is 5.91. The van der Waals surface area contributed by atoms with E-state index in [1.165, 1.54) is 0 Å². The van der Waals surface area contributed by atoms with Crippen molar-refractivity contribution >= 4 is 17.6 Å². The molecule has 0 unspecified atom stereocenters. The highest BCUT2D eigenvalue weighted by Crippen LogP contribution is 2.23. The Bertz CT molecular complexity index is 529. The molecule has 0 aromatic carbocycles. The molecule has 6 nitrogen and oxygen atoms in total. The van der Waals surface area contributed by atoms with Gasteiger partial charge in [-0.1, -0.05) is 0 Å². The Hall–Kier alpha value is -1.98. The van der Waals surface area contributed by atoms with Crippen molar-refractivity contribution < 1.29 is 9.53 Å². The summed E-state index contributed by atoms with van der Waals surface area (Å²) in [5.74, 6) is 0.950. The van der Waals surface area contributed by atoms with Crippen LogP contribution in [0.1, 0.15) is 46.5 Å². The van der Waals surface area contributed by atoms with Crippen LogP contribution in [0.25, 0.3) is 0 Å². The zero-order chi connectivity index (χ0) is 17.7. The maximum absolute atomic E-state index is 11.8. The minimum atomic E-state index is -0.450. The molecule has 1 aromatic rings. The van der Waals surface area contributed by atoms with Crippen molar-refractivity contribution in [3.63, 3.8) is 0 Å². The van der Waals surface area contributed by atoms with E-state index in [0.29, 0.717) is 6.04 Å². The lowest BCUT2D eigenvalue weighted by atomic mass is 9.91. The molecule has 1 aliphatic rings. The van der Waals surface area contributed by atoms with Gasteiger partial charge in [-0.25, -0.2) is 9.78 Å². The second-order valence-electron chi connectivity index (χ2n) is 7.64. The summed E-state index contributed by atoms with van der Waals surface area (Å²) in [6.45, 7) is 5.63. The highest BCUT2D eigenvalue weighted by molar-refractivity contribution is 5.68. The van der Waals surface area contributed by atoms with Crippen LogP contribution in [-0.4, -0.2) is 42.9 Å². The molecule has 0 bridgehead atoms. The summed E-state index contributed by atoms with van der Waals surface area (Å²) in [6.07, 6.45) is 5.52. The molecule has 2 N–H and O–H groups in total.